The average Bonchev–Trinajstić information content (AvgIpc) is 3.29. The van der Waals surface area contributed by atoms with Crippen LogP contribution in [-0.4, -0.2) is 30.2 Å². The zero-order valence-corrected chi connectivity index (χ0v) is 14.1. The first kappa shape index (κ1) is 15.8. The van der Waals surface area contributed by atoms with Crippen LogP contribution < -0.4 is 10.6 Å². The Morgan fingerprint density at radius 3 is 2.77 bits per heavy atom. The van der Waals surface area contributed by atoms with E-state index in [1.165, 1.54) is 0 Å². The largest absolute Gasteiger partial charge is 0.334 e. The van der Waals surface area contributed by atoms with Gasteiger partial charge in [-0.2, -0.15) is 5.10 Å². The van der Waals surface area contributed by atoms with Crippen LogP contribution in [-0.2, 0) is 6.54 Å². The number of fused-ring (bicyclic) bond motifs is 1. The van der Waals surface area contributed by atoms with Crippen LogP contribution in [0.2, 0.25) is 0 Å². The molecule has 0 atom stereocenters. The number of rotatable bonds is 4. The SMILES string of the molecule is Cc1nc2ccc(NC(=O)NCc3ccc(-n4ccnc4)cc3)cn2n1. The minimum Gasteiger partial charge on any atom is -0.334 e. The lowest BCUT2D eigenvalue weighted by Gasteiger charge is -2.09. The van der Waals surface area contributed by atoms with Gasteiger partial charge in [0.1, 0.15) is 5.82 Å². The van der Waals surface area contributed by atoms with Crippen LogP contribution in [0.1, 0.15) is 11.4 Å². The van der Waals surface area contributed by atoms with Gasteiger partial charge in [0.2, 0.25) is 0 Å². The molecule has 0 bridgehead atoms. The molecule has 0 aliphatic rings. The predicted octanol–water partition coefficient (Wildman–Crippen LogP) is 2.55. The number of aromatic nitrogens is 5. The summed E-state index contributed by atoms with van der Waals surface area (Å²) >= 11 is 0. The Morgan fingerprint density at radius 2 is 2.00 bits per heavy atom. The van der Waals surface area contributed by atoms with Gasteiger partial charge < -0.3 is 15.2 Å². The number of hydrogen-bond donors (Lipinski definition) is 2. The first-order valence-electron chi connectivity index (χ1n) is 8.12. The van der Waals surface area contributed by atoms with Gasteiger partial charge >= 0.3 is 6.03 Å². The molecule has 0 saturated carbocycles. The second-order valence-corrected chi connectivity index (χ2v) is 5.82. The van der Waals surface area contributed by atoms with E-state index < -0.39 is 0 Å². The summed E-state index contributed by atoms with van der Waals surface area (Å²) in [6.07, 6.45) is 7.09. The van der Waals surface area contributed by atoms with Crippen molar-refractivity contribution in [2.45, 2.75) is 13.5 Å². The molecule has 130 valence electrons. The van der Waals surface area contributed by atoms with Gasteiger partial charge in [0.05, 0.1) is 18.2 Å². The molecule has 0 unspecified atom stereocenters. The molecule has 2 amide bonds. The van der Waals surface area contributed by atoms with Gasteiger partial charge in [-0.1, -0.05) is 12.1 Å². The number of pyridine rings is 1. The molecular weight excluding hydrogens is 330 g/mol. The fourth-order valence-corrected chi connectivity index (χ4v) is 2.62. The smallest absolute Gasteiger partial charge is 0.319 e. The van der Waals surface area contributed by atoms with Crippen molar-refractivity contribution in [3.8, 4) is 5.69 Å². The van der Waals surface area contributed by atoms with E-state index in [4.69, 9.17) is 0 Å². The molecule has 0 saturated heterocycles. The second kappa shape index (κ2) is 6.67. The molecule has 26 heavy (non-hydrogen) atoms. The van der Waals surface area contributed by atoms with E-state index in [1.54, 1.807) is 29.3 Å². The maximum absolute atomic E-state index is 12.1. The summed E-state index contributed by atoms with van der Waals surface area (Å²) in [4.78, 5) is 20.4. The number of urea groups is 1. The molecule has 2 N–H and O–H groups in total. The van der Waals surface area contributed by atoms with E-state index in [9.17, 15) is 4.79 Å². The lowest BCUT2D eigenvalue weighted by molar-refractivity contribution is 0.251. The van der Waals surface area contributed by atoms with Gasteiger partial charge in [-0.3, -0.25) is 0 Å². The Balaban J connectivity index is 1.35. The first-order chi connectivity index (χ1) is 12.7. The number of carbonyl (C=O) groups excluding carboxylic acids is 1. The number of imidazole rings is 1. The fraction of sp³-hybridized carbons (Fsp3) is 0.111. The Labute approximate surface area is 149 Å². The summed E-state index contributed by atoms with van der Waals surface area (Å²) < 4.78 is 3.56. The number of anilines is 1. The molecule has 4 aromatic rings. The summed E-state index contributed by atoms with van der Waals surface area (Å²) in [5, 5.41) is 9.87. The lowest BCUT2D eigenvalue weighted by Crippen LogP contribution is -2.28. The van der Waals surface area contributed by atoms with Crippen molar-refractivity contribution < 1.29 is 4.79 Å². The maximum Gasteiger partial charge on any atom is 0.319 e. The Hall–Kier alpha value is -3.68. The number of nitrogens with zero attached hydrogens (tertiary/aromatic N) is 5. The summed E-state index contributed by atoms with van der Waals surface area (Å²) in [6, 6.07) is 11.2. The highest BCUT2D eigenvalue weighted by Crippen LogP contribution is 2.11. The number of carbonyl (C=O) groups is 1. The monoisotopic (exact) mass is 347 g/mol. The van der Waals surface area contributed by atoms with E-state index >= 15 is 0 Å². The van der Waals surface area contributed by atoms with Gasteiger partial charge in [0.15, 0.2) is 5.65 Å². The topological polar surface area (TPSA) is 89.1 Å². The van der Waals surface area contributed by atoms with E-state index in [-0.39, 0.29) is 6.03 Å². The average molecular weight is 347 g/mol. The normalized spacial score (nSPS) is 10.8. The Bertz CT molecular complexity index is 1040. The van der Waals surface area contributed by atoms with Gasteiger partial charge in [0, 0.05) is 24.6 Å². The summed E-state index contributed by atoms with van der Waals surface area (Å²) in [5.74, 6) is 0.686. The van der Waals surface area contributed by atoms with E-state index in [2.05, 4.69) is 25.7 Å². The Kier molecular flexibility index (Phi) is 4.06. The van der Waals surface area contributed by atoms with Crippen molar-refractivity contribution in [1.29, 1.82) is 0 Å². The molecule has 0 spiro atoms. The van der Waals surface area contributed by atoms with Gasteiger partial charge in [0.25, 0.3) is 0 Å². The summed E-state index contributed by atoms with van der Waals surface area (Å²) in [5.41, 5.74) is 3.42. The summed E-state index contributed by atoms with van der Waals surface area (Å²) in [7, 11) is 0. The van der Waals surface area contributed by atoms with Gasteiger partial charge in [-0.15, -0.1) is 0 Å². The molecule has 0 aliphatic heterocycles. The minimum atomic E-state index is -0.278. The highest BCUT2D eigenvalue weighted by Gasteiger charge is 2.05. The van der Waals surface area contributed by atoms with Crippen molar-refractivity contribution in [1.82, 2.24) is 29.5 Å². The van der Waals surface area contributed by atoms with Gasteiger partial charge in [-0.25, -0.2) is 19.3 Å². The molecule has 0 aliphatic carbocycles. The van der Waals surface area contributed by atoms with Crippen molar-refractivity contribution in [3.05, 3.63) is 72.7 Å². The standard InChI is InChI=1S/C18H17N7O/c1-13-21-17-7-4-15(11-25(17)23-13)22-18(26)20-10-14-2-5-16(6-3-14)24-9-8-19-12-24/h2-9,11-12H,10H2,1H3,(H2,20,22,26). The number of hydrogen-bond acceptors (Lipinski definition) is 4. The highest BCUT2D eigenvalue weighted by atomic mass is 16.2. The molecule has 1 aromatic carbocycles. The molecule has 0 fully saturated rings. The number of amides is 2. The zero-order chi connectivity index (χ0) is 17.9. The molecule has 0 radical (unpaired) electrons. The maximum atomic E-state index is 12.1. The summed E-state index contributed by atoms with van der Waals surface area (Å²) in [6.45, 7) is 2.26. The number of nitrogens with one attached hydrogen (secondary N) is 2. The van der Waals surface area contributed by atoms with Crippen molar-refractivity contribution in [2.75, 3.05) is 5.32 Å². The lowest BCUT2D eigenvalue weighted by atomic mass is 10.2. The number of aryl methyl sites for hydroxylation is 1. The first-order valence-corrected chi connectivity index (χ1v) is 8.12. The molecular formula is C18H17N7O. The highest BCUT2D eigenvalue weighted by molar-refractivity contribution is 5.89. The van der Waals surface area contributed by atoms with Crippen molar-refractivity contribution in [2.24, 2.45) is 0 Å². The third kappa shape index (κ3) is 3.39. The minimum absolute atomic E-state index is 0.278. The zero-order valence-electron chi connectivity index (χ0n) is 14.1. The predicted molar refractivity (Wildman–Crippen MR) is 97.1 cm³/mol. The molecule has 4 rings (SSSR count). The third-order valence-electron chi connectivity index (χ3n) is 3.89. The Morgan fingerprint density at radius 1 is 1.15 bits per heavy atom. The van der Waals surface area contributed by atoms with Crippen LogP contribution in [0.25, 0.3) is 11.3 Å². The molecule has 3 aromatic heterocycles. The fourth-order valence-electron chi connectivity index (χ4n) is 2.62. The van der Waals surface area contributed by atoms with Crippen molar-refractivity contribution in [3.63, 3.8) is 0 Å². The van der Waals surface area contributed by atoms with Crippen LogP contribution in [0.15, 0.2) is 61.3 Å². The van der Waals surface area contributed by atoms with Crippen LogP contribution >= 0.6 is 0 Å². The van der Waals surface area contributed by atoms with Crippen LogP contribution in [0.3, 0.4) is 0 Å². The van der Waals surface area contributed by atoms with E-state index in [0.717, 1.165) is 16.9 Å². The van der Waals surface area contributed by atoms with Gasteiger partial charge in [-0.05, 0) is 36.8 Å². The van der Waals surface area contributed by atoms with E-state index in [1.807, 2.05) is 48.0 Å². The quantitative estimate of drug-likeness (QED) is 0.594. The van der Waals surface area contributed by atoms with Crippen molar-refractivity contribution >= 4 is 17.4 Å². The second-order valence-electron chi connectivity index (χ2n) is 5.82. The molecule has 8 nitrogen and oxygen atoms in total. The molecule has 3 heterocycles. The third-order valence-corrected chi connectivity index (χ3v) is 3.89. The van der Waals surface area contributed by atoms with Crippen LogP contribution in [0.5, 0.6) is 0 Å². The van der Waals surface area contributed by atoms with Crippen LogP contribution in [0.4, 0.5) is 10.5 Å². The van der Waals surface area contributed by atoms with Crippen LogP contribution in [0, 0.1) is 6.92 Å². The number of benzene rings is 1. The molecule has 8 heteroatoms. The van der Waals surface area contributed by atoms with E-state index in [0.29, 0.717) is 18.1 Å².